The number of carbonyl (C=O) groups excluding carboxylic acids is 3. The molecular weight excluding hydrogens is 973 g/mol. The van der Waals surface area contributed by atoms with Crippen molar-refractivity contribution in [3.8, 4) is 0 Å². The van der Waals surface area contributed by atoms with Gasteiger partial charge in [-0.05, 0) is 109 Å². The van der Waals surface area contributed by atoms with Gasteiger partial charge in [-0.25, -0.2) is 0 Å². The Hall–Kier alpha value is -3.93. The Balaban J connectivity index is 4.38. The van der Waals surface area contributed by atoms with Crippen LogP contribution in [0.15, 0.2) is 109 Å². The first kappa shape index (κ1) is 75.1. The van der Waals surface area contributed by atoms with Crippen molar-refractivity contribution >= 4 is 17.9 Å². The number of ether oxygens (including phenoxy) is 3. The van der Waals surface area contributed by atoms with Crippen molar-refractivity contribution in [2.75, 3.05) is 13.2 Å². The molecule has 452 valence electrons. The van der Waals surface area contributed by atoms with E-state index in [4.69, 9.17) is 14.2 Å². The molecule has 0 aromatic heterocycles. The quantitative estimate of drug-likeness (QED) is 0.0261. The maximum absolute atomic E-state index is 12.9. The maximum atomic E-state index is 12.9. The summed E-state index contributed by atoms with van der Waals surface area (Å²) in [4.78, 5) is 38.3. The second kappa shape index (κ2) is 66.6. The molecule has 0 aliphatic rings. The summed E-state index contributed by atoms with van der Waals surface area (Å²) in [6.07, 6.45) is 91.3. The fraction of sp³-hybridized carbons (Fsp3) is 0.712. The molecule has 0 aliphatic carbocycles. The highest BCUT2D eigenvalue weighted by atomic mass is 16.6. The standard InChI is InChI=1S/C73H124O6/c1-4-7-10-13-16-19-22-25-28-30-32-33-34-35-36-37-38-39-41-42-45-48-51-54-57-60-63-66-72(75)78-69-70(68-77-71(74)65-62-59-56-53-50-47-44-27-24-21-18-15-12-9-6-3)79-73(76)67-64-61-58-55-52-49-46-43-40-31-29-26-23-20-17-14-11-8-5-2/h9,12,18,21-22,25-27,29-30,32,34-35,44,50,53,59,62,70H,4-8,10-11,13-17,19-20,23-24,28,31,33,36-43,45-49,51-52,54-58,60-61,63-69H2,1-3H3/b12-9-,21-18-,25-22-,29-26-,32-30-,35-34-,44-27-,53-50-,62-59-. The van der Waals surface area contributed by atoms with Crippen LogP contribution in [0, 0.1) is 0 Å². The SMILES string of the molecule is CC/C=C\C/C=C\C/C=C\C/C=C\C/C=C\CC(=O)OCC(COC(=O)CCCCCCCCCCCCCC/C=C\C/C=C\C/C=C\CCCCCCC)OC(=O)CCCCCCCCCCC/C=C\CCCCCCCC. The molecule has 0 aliphatic heterocycles. The molecule has 6 nitrogen and oxygen atoms in total. The Morgan fingerprint density at radius 3 is 0.899 bits per heavy atom. The monoisotopic (exact) mass is 1100 g/mol. The molecular formula is C73H124O6. The number of hydrogen-bond acceptors (Lipinski definition) is 6. The predicted molar refractivity (Wildman–Crippen MR) is 343 cm³/mol. The summed E-state index contributed by atoms with van der Waals surface area (Å²) in [5.74, 6) is -1.04. The van der Waals surface area contributed by atoms with Gasteiger partial charge in [0, 0.05) is 12.8 Å². The van der Waals surface area contributed by atoms with Crippen LogP contribution in [-0.4, -0.2) is 37.2 Å². The largest absolute Gasteiger partial charge is 0.462 e. The molecule has 0 fully saturated rings. The third-order valence-corrected chi connectivity index (χ3v) is 14.3. The zero-order valence-electron chi connectivity index (χ0n) is 51.9. The van der Waals surface area contributed by atoms with Crippen LogP contribution in [-0.2, 0) is 28.6 Å². The van der Waals surface area contributed by atoms with E-state index in [-0.39, 0.29) is 31.6 Å². The van der Waals surface area contributed by atoms with Crippen molar-refractivity contribution in [3.63, 3.8) is 0 Å². The summed E-state index contributed by atoms with van der Waals surface area (Å²) in [6.45, 7) is 6.45. The smallest absolute Gasteiger partial charge is 0.309 e. The highest BCUT2D eigenvalue weighted by molar-refractivity contribution is 5.72. The number of rotatable bonds is 60. The lowest BCUT2D eigenvalue weighted by molar-refractivity contribution is -0.166. The van der Waals surface area contributed by atoms with Gasteiger partial charge < -0.3 is 14.2 Å². The Bertz CT molecular complexity index is 1590. The minimum absolute atomic E-state index is 0.109. The lowest BCUT2D eigenvalue weighted by Crippen LogP contribution is -2.30. The van der Waals surface area contributed by atoms with Gasteiger partial charge in [-0.2, -0.15) is 0 Å². The molecule has 6 heteroatoms. The summed E-state index contributed by atoms with van der Waals surface area (Å²) in [5, 5.41) is 0. The van der Waals surface area contributed by atoms with Gasteiger partial charge in [-0.3, -0.25) is 14.4 Å². The highest BCUT2D eigenvalue weighted by Gasteiger charge is 2.19. The van der Waals surface area contributed by atoms with Crippen molar-refractivity contribution in [2.24, 2.45) is 0 Å². The normalized spacial score (nSPS) is 12.8. The zero-order valence-corrected chi connectivity index (χ0v) is 51.9. The molecule has 0 aromatic rings. The molecule has 0 heterocycles. The average Bonchev–Trinajstić information content (AvgIpc) is 3.45. The van der Waals surface area contributed by atoms with E-state index < -0.39 is 12.1 Å². The van der Waals surface area contributed by atoms with Crippen LogP contribution in [0.1, 0.15) is 316 Å². The third kappa shape index (κ3) is 64.8. The van der Waals surface area contributed by atoms with E-state index >= 15 is 0 Å². The van der Waals surface area contributed by atoms with Crippen LogP contribution in [0.5, 0.6) is 0 Å². The number of allylic oxidation sites excluding steroid dienone is 17. The molecule has 79 heavy (non-hydrogen) atoms. The van der Waals surface area contributed by atoms with Crippen molar-refractivity contribution in [3.05, 3.63) is 109 Å². The fourth-order valence-corrected chi connectivity index (χ4v) is 9.28. The van der Waals surface area contributed by atoms with Crippen molar-refractivity contribution in [2.45, 2.75) is 322 Å². The minimum atomic E-state index is -0.822. The van der Waals surface area contributed by atoms with Crippen molar-refractivity contribution in [1.29, 1.82) is 0 Å². The molecule has 0 aromatic carbocycles. The van der Waals surface area contributed by atoms with Crippen LogP contribution in [0.25, 0.3) is 0 Å². The Morgan fingerprint density at radius 1 is 0.278 bits per heavy atom. The van der Waals surface area contributed by atoms with Crippen molar-refractivity contribution < 1.29 is 28.6 Å². The van der Waals surface area contributed by atoms with Crippen LogP contribution >= 0.6 is 0 Å². The van der Waals surface area contributed by atoms with Gasteiger partial charge in [-0.15, -0.1) is 0 Å². The second-order valence-electron chi connectivity index (χ2n) is 22.0. The van der Waals surface area contributed by atoms with E-state index in [2.05, 4.69) is 118 Å². The first-order valence-corrected chi connectivity index (χ1v) is 33.4. The summed E-state index contributed by atoms with van der Waals surface area (Å²) in [5.41, 5.74) is 0. The topological polar surface area (TPSA) is 78.9 Å². The first-order chi connectivity index (χ1) is 39.0. The predicted octanol–water partition coefficient (Wildman–Crippen LogP) is 23.0. The summed E-state index contributed by atoms with van der Waals surface area (Å²) in [7, 11) is 0. The second-order valence-corrected chi connectivity index (χ2v) is 22.0. The molecule has 0 N–H and O–H groups in total. The van der Waals surface area contributed by atoms with Gasteiger partial charge in [0.1, 0.15) is 13.2 Å². The lowest BCUT2D eigenvalue weighted by Gasteiger charge is -2.18. The zero-order chi connectivity index (χ0) is 57.1. The van der Waals surface area contributed by atoms with Crippen molar-refractivity contribution in [1.82, 2.24) is 0 Å². The number of esters is 3. The molecule has 1 unspecified atom stereocenters. The average molecular weight is 1100 g/mol. The Kier molecular flexibility index (Phi) is 63.3. The van der Waals surface area contributed by atoms with Gasteiger partial charge in [0.2, 0.25) is 0 Å². The van der Waals surface area contributed by atoms with E-state index in [0.717, 1.165) is 83.5 Å². The minimum Gasteiger partial charge on any atom is -0.462 e. The summed E-state index contributed by atoms with van der Waals surface area (Å²) < 4.78 is 16.8. The van der Waals surface area contributed by atoms with Crippen LogP contribution < -0.4 is 0 Å². The fourth-order valence-electron chi connectivity index (χ4n) is 9.28. The molecule has 0 amide bonds. The Morgan fingerprint density at radius 2 is 0.544 bits per heavy atom. The molecule has 0 spiro atoms. The van der Waals surface area contributed by atoms with Gasteiger partial charge >= 0.3 is 17.9 Å². The van der Waals surface area contributed by atoms with Gasteiger partial charge in [-0.1, -0.05) is 297 Å². The molecule has 0 saturated carbocycles. The summed E-state index contributed by atoms with van der Waals surface area (Å²) >= 11 is 0. The number of carbonyl (C=O) groups is 3. The van der Waals surface area contributed by atoms with E-state index in [1.165, 1.54) is 193 Å². The maximum Gasteiger partial charge on any atom is 0.309 e. The van der Waals surface area contributed by atoms with E-state index in [9.17, 15) is 14.4 Å². The molecule has 0 saturated heterocycles. The van der Waals surface area contributed by atoms with Gasteiger partial charge in [0.05, 0.1) is 6.42 Å². The van der Waals surface area contributed by atoms with Crippen LogP contribution in [0.3, 0.4) is 0 Å². The first-order valence-electron chi connectivity index (χ1n) is 33.4. The van der Waals surface area contributed by atoms with Gasteiger partial charge in [0.25, 0.3) is 0 Å². The highest BCUT2D eigenvalue weighted by Crippen LogP contribution is 2.16. The number of unbranched alkanes of at least 4 members (excludes halogenated alkanes) is 32. The lowest BCUT2D eigenvalue weighted by atomic mass is 10.0. The Labute approximate surface area is 489 Å². The third-order valence-electron chi connectivity index (χ3n) is 14.3. The molecule has 0 rings (SSSR count). The van der Waals surface area contributed by atoms with Gasteiger partial charge in [0.15, 0.2) is 6.10 Å². The van der Waals surface area contributed by atoms with Crippen LogP contribution in [0.2, 0.25) is 0 Å². The van der Waals surface area contributed by atoms with Crippen LogP contribution in [0.4, 0.5) is 0 Å². The molecule has 0 radical (unpaired) electrons. The van der Waals surface area contributed by atoms with E-state index in [1.807, 2.05) is 6.08 Å². The molecule has 0 bridgehead atoms. The summed E-state index contributed by atoms with van der Waals surface area (Å²) in [6, 6.07) is 0. The number of hydrogen-bond donors (Lipinski definition) is 0. The van der Waals surface area contributed by atoms with E-state index in [0.29, 0.717) is 12.8 Å². The van der Waals surface area contributed by atoms with E-state index in [1.54, 1.807) is 6.08 Å². The molecule has 1 atom stereocenters.